The van der Waals surface area contributed by atoms with Crippen LogP contribution in [0.2, 0.25) is 5.02 Å². The molecule has 0 fully saturated rings. The predicted octanol–water partition coefficient (Wildman–Crippen LogP) is 2.26. The van der Waals surface area contributed by atoms with Crippen LogP contribution in [-0.4, -0.2) is 26.4 Å². The van der Waals surface area contributed by atoms with Crippen molar-refractivity contribution in [3.8, 4) is 5.75 Å². The molecular formula is C17H19ClN4O3. The highest BCUT2D eigenvalue weighted by Crippen LogP contribution is 2.27. The van der Waals surface area contributed by atoms with Gasteiger partial charge in [0, 0.05) is 24.8 Å². The van der Waals surface area contributed by atoms with E-state index in [1.54, 1.807) is 6.07 Å². The monoisotopic (exact) mass is 362 g/mol. The van der Waals surface area contributed by atoms with E-state index in [9.17, 15) is 9.59 Å². The van der Waals surface area contributed by atoms with Crippen molar-refractivity contribution in [2.24, 2.45) is 0 Å². The van der Waals surface area contributed by atoms with Gasteiger partial charge in [0.2, 0.25) is 0 Å². The minimum absolute atomic E-state index is 0.298. The molecule has 3 rings (SSSR count). The smallest absolute Gasteiger partial charge is 0.328 e. The molecule has 3 aromatic rings. The van der Waals surface area contributed by atoms with Gasteiger partial charge < -0.3 is 9.72 Å². The molecule has 0 radical (unpaired) electrons. The average Bonchev–Trinajstić information content (AvgIpc) is 2.88. The van der Waals surface area contributed by atoms with E-state index in [1.807, 2.05) is 24.6 Å². The maximum Gasteiger partial charge on any atom is 0.328 e. The zero-order valence-electron chi connectivity index (χ0n) is 14.3. The highest BCUT2D eigenvalue weighted by Gasteiger charge is 2.11. The molecule has 25 heavy (non-hydrogen) atoms. The Hall–Kier alpha value is -2.54. The molecule has 0 saturated carbocycles. The molecular weight excluding hydrogens is 344 g/mol. The Kier molecular flexibility index (Phi) is 4.67. The summed E-state index contributed by atoms with van der Waals surface area (Å²) in [5.41, 5.74) is 1.59. The van der Waals surface area contributed by atoms with Crippen LogP contribution in [0.1, 0.15) is 17.8 Å². The second-order valence-electron chi connectivity index (χ2n) is 5.92. The van der Waals surface area contributed by atoms with Crippen molar-refractivity contribution in [1.29, 1.82) is 0 Å². The number of H-pyrrole nitrogens is 1. The van der Waals surface area contributed by atoms with E-state index in [0.717, 1.165) is 11.4 Å². The molecule has 0 bridgehead atoms. The standard InChI is InChI=1S/C17H19ClN4O3/c1-10-7-11(2)22(20-10)6-4-5-21-16(23)12-8-13(18)15(25-3)9-14(12)19-17(21)24/h7-9H,4-6H2,1-3H3,(H,19,24). The van der Waals surface area contributed by atoms with Crippen LogP contribution in [0.25, 0.3) is 10.9 Å². The first-order chi connectivity index (χ1) is 11.9. The molecule has 1 aromatic carbocycles. The molecule has 0 unspecified atom stereocenters. The Morgan fingerprint density at radius 1 is 1.20 bits per heavy atom. The molecule has 7 nitrogen and oxygen atoms in total. The Morgan fingerprint density at radius 3 is 2.60 bits per heavy atom. The summed E-state index contributed by atoms with van der Waals surface area (Å²) in [6.45, 7) is 4.84. The van der Waals surface area contributed by atoms with Crippen molar-refractivity contribution in [3.63, 3.8) is 0 Å². The van der Waals surface area contributed by atoms with E-state index >= 15 is 0 Å². The van der Waals surface area contributed by atoms with Gasteiger partial charge in [0.15, 0.2) is 0 Å². The fraction of sp³-hybridized carbons (Fsp3) is 0.353. The van der Waals surface area contributed by atoms with Gasteiger partial charge in [0.05, 0.1) is 28.7 Å². The number of hydrogen-bond donors (Lipinski definition) is 1. The Bertz CT molecular complexity index is 1050. The van der Waals surface area contributed by atoms with Crippen molar-refractivity contribution >= 4 is 22.5 Å². The number of aromatic nitrogens is 4. The van der Waals surface area contributed by atoms with Crippen LogP contribution in [0.5, 0.6) is 5.75 Å². The van der Waals surface area contributed by atoms with Gasteiger partial charge in [-0.15, -0.1) is 0 Å². The highest BCUT2D eigenvalue weighted by molar-refractivity contribution is 6.32. The van der Waals surface area contributed by atoms with Crippen LogP contribution in [0.3, 0.4) is 0 Å². The number of halogens is 1. The summed E-state index contributed by atoms with van der Waals surface area (Å²) in [5.74, 6) is 0.409. The van der Waals surface area contributed by atoms with Crippen LogP contribution in [-0.2, 0) is 13.1 Å². The molecule has 2 heterocycles. The Morgan fingerprint density at radius 2 is 1.96 bits per heavy atom. The van der Waals surface area contributed by atoms with Gasteiger partial charge in [-0.05, 0) is 32.4 Å². The molecule has 132 valence electrons. The first kappa shape index (κ1) is 17.3. The first-order valence-electron chi connectivity index (χ1n) is 7.92. The number of fused-ring (bicyclic) bond motifs is 1. The summed E-state index contributed by atoms with van der Waals surface area (Å²) in [5, 5.41) is 5.06. The van der Waals surface area contributed by atoms with Gasteiger partial charge in [0.25, 0.3) is 5.56 Å². The summed E-state index contributed by atoms with van der Waals surface area (Å²) in [7, 11) is 1.48. The number of nitrogens with zero attached hydrogens (tertiary/aromatic N) is 3. The lowest BCUT2D eigenvalue weighted by Gasteiger charge is -2.09. The van der Waals surface area contributed by atoms with E-state index < -0.39 is 5.69 Å². The summed E-state index contributed by atoms with van der Waals surface area (Å²) < 4.78 is 8.18. The van der Waals surface area contributed by atoms with E-state index in [2.05, 4.69) is 10.1 Å². The van der Waals surface area contributed by atoms with Gasteiger partial charge in [-0.25, -0.2) is 4.79 Å². The summed E-state index contributed by atoms with van der Waals surface area (Å²) in [4.78, 5) is 27.6. The molecule has 0 aliphatic heterocycles. The Balaban J connectivity index is 1.90. The molecule has 0 aliphatic rings. The molecule has 8 heteroatoms. The predicted molar refractivity (Wildman–Crippen MR) is 96.7 cm³/mol. The number of aromatic amines is 1. The van der Waals surface area contributed by atoms with Crippen LogP contribution in [0.15, 0.2) is 27.8 Å². The van der Waals surface area contributed by atoms with Crippen molar-refractivity contribution in [2.45, 2.75) is 33.4 Å². The lowest BCUT2D eigenvalue weighted by molar-refractivity contribution is 0.415. The fourth-order valence-corrected chi connectivity index (χ4v) is 3.13. The zero-order chi connectivity index (χ0) is 18.1. The number of methoxy groups -OCH3 is 1. The first-order valence-corrected chi connectivity index (χ1v) is 8.30. The maximum atomic E-state index is 12.6. The fourth-order valence-electron chi connectivity index (χ4n) is 2.89. The lowest BCUT2D eigenvalue weighted by atomic mass is 10.2. The van der Waals surface area contributed by atoms with Crippen LogP contribution in [0, 0.1) is 13.8 Å². The molecule has 0 amide bonds. The summed E-state index contributed by atoms with van der Waals surface area (Å²) >= 11 is 6.09. The van der Waals surface area contributed by atoms with Gasteiger partial charge in [-0.3, -0.25) is 14.0 Å². The molecule has 0 saturated heterocycles. The topological polar surface area (TPSA) is 81.9 Å². The maximum absolute atomic E-state index is 12.6. The second-order valence-corrected chi connectivity index (χ2v) is 6.33. The van der Waals surface area contributed by atoms with E-state index in [0.29, 0.717) is 41.2 Å². The molecule has 0 aliphatic carbocycles. The number of nitrogens with one attached hydrogen (secondary N) is 1. The van der Waals surface area contributed by atoms with Gasteiger partial charge in [-0.1, -0.05) is 11.6 Å². The average molecular weight is 363 g/mol. The van der Waals surface area contributed by atoms with Crippen molar-refractivity contribution in [2.75, 3.05) is 7.11 Å². The third kappa shape index (κ3) is 3.32. The molecule has 0 atom stereocenters. The third-order valence-corrected chi connectivity index (χ3v) is 4.40. The highest BCUT2D eigenvalue weighted by atomic mass is 35.5. The number of hydrogen-bond acceptors (Lipinski definition) is 4. The summed E-state index contributed by atoms with van der Waals surface area (Å²) in [6.07, 6.45) is 0.611. The van der Waals surface area contributed by atoms with Gasteiger partial charge in [0.1, 0.15) is 5.75 Å². The normalized spacial score (nSPS) is 11.2. The van der Waals surface area contributed by atoms with E-state index in [-0.39, 0.29) is 5.56 Å². The largest absolute Gasteiger partial charge is 0.495 e. The Labute approximate surface area is 148 Å². The minimum Gasteiger partial charge on any atom is -0.495 e. The van der Waals surface area contributed by atoms with E-state index in [1.165, 1.54) is 17.7 Å². The summed E-state index contributed by atoms with van der Waals surface area (Å²) in [6, 6.07) is 5.07. The number of ether oxygens (including phenoxy) is 1. The number of benzene rings is 1. The van der Waals surface area contributed by atoms with E-state index in [4.69, 9.17) is 16.3 Å². The number of rotatable bonds is 5. The quantitative estimate of drug-likeness (QED) is 0.754. The zero-order valence-corrected chi connectivity index (χ0v) is 15.1. The van der Waals surface area contributed by atoms with Crippen LogP contribution < -0.4 is 16.0 Å². The van der Waals surface area contributed by atoms with Crippen molar-refractivity contribution in [3.05, 3.63) is 55.4 Å². The van der Waals surface area contributed by atoms with Crippen LogP contribution >= 0.6 is 11.6 Å². The van der Waals surface area contributed by atoms with Crippen molar-refractivity contribution in [1.82, 2.24) is 19.3 Å². The van der Waals surface area contributed by atoms with Gasteiger partial charge >= 0.3 is 5.69 Å². The molecule has 0 spiro atoms. The minimum atomic E-state index is -0.449. The third-order valence-electron chi connectivity index (χ3n) is 4.11. The van der Waals surface area contributed by atoms with Crippen LogP contribution in [0.4, 0.5) is 0 Å². The SMILES string of the molecule is COc1cc2[nH]c(=O)n(CCCn3nc(C)cc3C)c(=O)c2cc1Cl. The number of aryl methyl sites for hydroxylation is 3. The lowest BCUT2D eigenvalue weighted by Crippen LogP contribution is -2.35. The van der Waals surface area contributed by atoms with Crippen molar-refractivity contribution < 1.29 is 4.74 Å². The molecule has 1 N–H and O–H groups in total. The second kappa shape index (κ2) is 6.76. The van der Waals surface area contributed by atoms with Gasteiger partial charge in [-0.2, -0.15) is 5.10 Å². The molecule has 2 aromatic heterocycles.